The molecule has 5 rings (SSSR count). The molecule has 0 aliphatic rings. The van der Waals surface area contributed by atoms with Gasteiger partial charge in [0, 0.05) is 22.7 Å². The van der Waals surface area contributed by atoms with E-state index in [-0.39, 0.29) is 0 Å². The Labute approximate surface area is 203 Å². The van der Waals surface area contributed by atoms with Crippen molar-refractivity contribution in [1.82, 2.24) is 0 Å². The highest BCUT2D eigenvalue weighted by molar-refractivity contribution is 6.10. The second kappa shape index (κ2) is 9.61. The van der Waals surface area contributed by atoms with E-state index in [2.05, 4.69) is 74.8 Å². The maximum absolute atomic E-state index is 6.17. The molecule has 0 amide bonds. The monoisotopic (exact) mass is 460 g/mol. The smallest absolute Gasteiger partial charge is 0.220 e. The third kappa shape index (κ3) is 4.39. The van der Waals surface area contributed by atoms with E-state index in [1.54, 1.807) is 6.21 Å². The van der Waals surface area contributed by atoms with Gasteiger partial charge in [0.25, 0.3) is 0 Å². The number of pyridine rings is 1. The van der Waals surface area contributed by atoms with Crippen molar-refractivity contribution in [3.8, 4) is 11.3 Å². The summed E-state index contributed by atoms with van der Waals surface area (Å²) in [5.41, 5.74) is 15.7. The zero-order valence-corrected chi connectivity index (χ0v) is 19.4. The van der Waals surface area contributed by atoms with Crippen LogP contribution in [-0.2, 0) is 6.54 Å². The number of nitrogens with two attached hydrogens (primary N) is 2. The predicted molar refractivity (Wildman–Crippen MR) is 144 cm³/mol. The van der Waals surface area contributed by atoms with Gasteiger partial charge in [-0.25, -0.2) is 0 Å². The number of hydrogen-bond acceptors (Lipinski definition) is 5. The molecule has 0 unspecified atom stereocenters. The van der Waals surface area contributed by atoms with Crippen molar-refractivity contribution >= 4 is 45.0 Å². The molecule has 1 aromatic heterocycles. The summed E-state index contributed by atoms with van der Waals surface area (Å²) in [7, 11) is 0. The number of nitrogens with one attached hydrogen (secondary N) is 1. The van der Waals surface area contributed by atoms with Crippen LogP contribution in [0.5, 0.6) is 0 Å². The number of benzene rings is 4. The summed E-state index contributed by atoms with van der Waals surface area (Å²) in [4.78, 5) is 0. The number of hydrogen-bond donors (Lipinski definition) is 3. The molecule has 7 heteroatoms. The molecule has 5 aromatic rings. The number of aryl methyl sites for hydroxylation is 1. The van der Waals surface area contributed by atoms with Crippen LogP contribution in [0.25, 0.3) is 32.9 Å². The molecule has 0 saturated carbocycles. The summed E-state index contributed by atoms with van der Waals surface area (Å²) in [6.07, 6.45) is 1.58. The molecule has 172 valence electrons. The van der Waals surface area contributed by atoms with E-state index < -0.39 is 0 Å². The van der Waals surface area contributed by atoms with Gasteiger partial charge in [0.1, 0.15) is 6.54 Å². The molecule has 4 aromatic carbocycles. The number of aromatic nitrogens is 1. The van der Waals surface area contributed by atoms with Crippen molar-refractivity contribution in [3.05, 3.63) is 96.6 Å². The highest BCUT2D eigenvalue weighted by Crippen LogP contribution is 2.34. The zero-order valence-electron chi connectivity index (χ0n) is 19.4. The Morgan fingerprint density at radius 2 is 1.69 bits per heavy atom. The van der Waals surface area contributed by atoms with Crippen molar-refractivity contribution in [1.29, 1.82) is 0 Å². The number of rotatable bonds is 6. The maximum atomic E-state index is 6.17. The topological polar surface area (TPSA) is 105 Å². The van der Waals surface area contributed by atoms with Crippen LogP contribution in [0.4, 0.5) is 17.1 Å². The normalized spacial score (nSPS) is 11.7. The van der Waals surface area contributed by atoms with Crippen LogP contribution in [0, 0.1) is 0 Å². The minimum atomic E-state index is 0.747. The standard InChI is InChI=1S/C28H25N7/c1-2-35-27-16-21(29)11-13-25(27)24-14-12-23(17-26(24)28(35)20-8-4-3-5-9-20)33-34-32-22-10-6-7-19(15-22)18-31-30/h3-18,29H,2,30H2,1H3,(H,32,33)/p+1/b31-18+. The Bertz CT molecular complexity index is 1570. The second-order valence-corrected chi connectivity index (χ2v) is 8.18. The molecular weight excluding hydrogens is 434 g/mol. The summed E-state index contributed by atoms with van der Waals surface area (Å²) in [5.74, 6) is 5.25. The highest BCUT2D eigenvalue weighted by atomic mass is 15.4. The Balaban J connectivity index is 1.63. The Morgan fingerprint density at radius 3 is 2.49 bits per heavy atom. The molecule has 0 radical (unpaired) electrons. The third-order valence-corrected chi connectivity index (χ3v) is 5.95. The minimum Gasteiger partial charge on any atom is -0.399 e. The lowest BCUT2D eigenvalue weighted by atomic mass is 9.98. The van der Waals surface area contributed by atoms with Gasteiger partial charge >= 0.3 is 0 Å². The van der Waals surface area contributed by atoms with Gasteiger partial charge in [-0.2, -0.15) is 9.67 Å². The fraction of sp³-hybridized carbons (Fsp3) is 0.0714. The van der Waals surface area contributed by atoms with Crippen molar-refractivity contribution in [2.24, 2.45) is 21.3 Å². The highest BCUT2D eigenvalue weighted by Gasteiger charge is 2.22. The summed E-state index contributed by atoms with van der Waals surface area (Å²) >= 11 is 0. The Hall–Kier alpha value is -4.78. The number of anilines is 2. The molecule has 0 spiro atoms. The molecule has 0 fully saturated rings. The molecule has 35 heavy (non-hydrogen) atoms. The fourth-order valence-corrected chi connectivity index (χ4v) is 4.44. The van der Waals surface area contributed by atoms with Gasteiger partial charge in [-0.15, -0.1) is 5.11 Å². The van der Waals surface area contributed by atoms with Gasteiger partial charge < -0.3 is 11.6 Å². The van der Waals surface area contributed by atoms with Gasteiger partial charge in [0.2, 0.25) is 11.2 Å². The number of hydrazone groups is 1. The summed E-state index contributed by atoms with van der Waals surface area (Å²) < 4.78 is 2.31. The molecule has 0 bridgehead atoms. The van der Waals surface area contributed by atoms with Crippen LogP contribution in [0.15, 0.2) is 106 Å². The summed E-state index contributed by atoms with van der Waals surface area (Å²) in [6, 6.07) is 30.3. The van der Waals surface area contributed by atoms with Crippen LogP contribution in [0.2, 0.25) is 0 Å². The van der Waals surface area contributed by atoms with Gasteiger partial charge in [0.05, 0.1) is 28.4 Å². The number of fused-ring (bicyclic) bond motifs is 3. The van der Waals surface area contributed by atoms with Gasteiger partial charge in [-0.3, -0.25) is 5.43 Å². The molecule has 0 saturated heterocycles. The van der Waals surface area contributed by atoms with Crippen molar-refractivity contribution < 1.29 is 4.57 Å². The van der Waals surface area contributed by atoms with E-state index in [1.807, 2.05) is 48.5 Å². The van der Waals surface area contributed by atoms with Crippen LogP contribution in [0.3, 0.4) is 0 Å². The molecule has 0 atom stereocenters. The van der Waals surface area contributed by atoms with E-state index in [1.165, 1.54) is 0 Å². The van der Waals surface area contributed by atoms with Crippen molar-refractivity contribution in [3.63, 3.8) is 0 Å². The number of nitrogens with zero attached hydrogens (tertiary/aromatic N) is 4. The average molecular weight is 461 g/mol. The summed E-state index contributed by atoms with van der Waals surface area (Å²) in [5, 5.41) is 15.6. The third-order valence-electron chi connectivity index (χ3n) is 5.95. The van der Waals surface area contributed by atoms with Crippen LogP contribution < -0.4 is 21.6 Å². The maximum Gasteiger partial charge on any atom is 0.220 e. The van der Waals surface area contributed by atoms with Crippen molar-refractivity contribution in [2.75, 3.05) is 11.2 Å². The lowest BCUT2D eigenvalue weighted by Crippen LogP contribution is -2.36. The first-order valence-corrected chi connectivity index (χ1v) is 11.4. The van der Waals surface area contributed by atoms with Crippen LogP contribution >= 0.6 is 0 Å². The molecule has 1 heterocycles. The lowest BCUT2D eigenvalue weighted by Gasteiger charge is -2.12. The summed E-state index contributed by atoms with van der Waals surface area (Å²) in [6.45, 7) is 2.95. The first-order chi connectivity index (χ1) is 17.2. The first kappa shape index (κ1) is 22.0. The van der Waals surface area contributed by atoms with E-state index >= 15 is 0 Å². The molecule has 0 aliphatic heterocycles. The van der Waals surface area contributed by atoms with Gasteiger partial charge in [0.15, 0.2) is 0 Å². The van der Waals surface area contributed by atoms with E-state index in [4.69, 9.17) is 11.6 Å². The van der Waals surface area contributed by atoms with Crippen LogP contribution in [-0.4, -0.2) is 6.21 Å². The Kier molecular flexibility index (Phi) is 6.05. The molecular formula is C28H26N7+. The first-order valence-electron chi connectivity index (χ1n) is 11.4. The zero-order chi connectivity index (χ0) is 24.2. The fourth-order valence-electron chi connectivity index (χ4n) is 4.44. The predicted octanol–water partition coefficient (Wildman–Crippen LogP) is 5.95. The van der Waals surface area contributed by atoms with Crippen LogP contribution in [0.1, 0.15) is 12.5 Å². The lowest BCUT2D eigenvalue weighted by molar-refractivity contribution is -0.655. The molecule has 5 N–H and O–H groups in total. The Morgan fingerprint density at radius 1 is 0.857 bits per heavy atom. The average Bonchev–Trinajstić information content (AvgIpc) is 2.88. The largest absolute Gasteiger partial charge is 0.399 e. The van der Waals surface area contributed by atoms with E-state index in [0.29, 0.717) is 0 Å². The molecule has 7 nitrogen and oxygen atoms in total. The quantitative estimate of drug-likeness (QED) is 0.0554. The minimum absolute atomic E-state index is 0.747. The molecule has 0 aliphatic carbocycles. The van der Waals surface area contributed by atoms with E-state index in [0.717, 1.165) is 62.1 Å². The van der Waals surface area contributed by atoms with Gasteiger partial charge in [-0.1, -0.05) is 41.6 Å². The number of nitrogen functional groups attached to an aromatic ring is 1. The van der Waals surface area contributed by atoms with Crippen molar-refractivity contribution in [2.45, 2.75) is 13.5 Å². The van der Waals surface area contributed by atoms with Gasteiger partial charge in [-0.05, 0) is 61.0 Å². The SMILES string of the molecule is CC[n+]1c(-c2ccccc2)c2cc(N=NNc3cccc(/C=N/N)c3)ccc2c2ccc(N)cc21. The second-order valence-electron chi connectivity index (χ2n) is 8.18. The van der Waals surface area contributed by atoms with E-state index in [9.17, 15) is 0 Å².